The third kappa shape index (κ3) is 10.2. The SMILES string of the molecule is CCCCC(NC(=O)[C@@H]1[C@@H](C(C)(C)C)CCN1C(=O)[C@@H](NC(=O)N[C@H](CN1CCCC1=O)C(C)(C)C)C(C)(C)C)C(=O)C(N)=O. The van der Waals surface area contributed by atoms with Crippen molar-refractivity contribution in [3.8, 4) is 0 Å². The summed E-state index contributed by atoms with van der Waals surface area (Å²) >= 11 is 0. The first-order chi connectivity index (χ1) is 20.6. The first-order valence-electron chi connectivity index (χ1n) is 16.4. The van der Waals surface area contributed by atoms with E-state index in [4.69, 9.17) is 5.73 Å². The quantitative estimate of drug-likeness (QED) is 0.241. The molecular formula is C33H58N6O6. The Morgan fingerprint density at radius 1 is 0.911 bits per heavy atom. The first-order valence-corrected chi connectivity index (χ1v) is 16.4. The maximum absolute atomic E-state index is 14.3. The van der Waals surface area contributed by atoms with Gasteiger partial charge in [0.05, 0.1) is 12.1 Å². The van der Waals surface area contributed by atoms with Crippen LogP contribution in [-0.4, -0.2) is 89.0 Å². The zero-order valence-electron chi connectivity index (χ0n) is 29.2. The van der Waals surface area contributed by atoms with Gasteiger partial charge in [0.15, 0.2) is 0 Å². The molecule has 45 heavy (non-hydrogen) atoms. The molecule has 5 N–H and O–H groups in total. The first kappa shape index (κ1) is 38.0. The predicted molar refractivity (Wildman–Crippen MR) is 173 cm³/mol. The number of nitrogens with one attached hydrogen (secondary N) is 3. The molecule has 5 atom stereocenters. The van der Waals surface area contributed by atoms with E-state index in [2.05, 4.69) is 16.0 Å². The Morgan fingerprint density at radius 3 is 2.00 bits per heavy atom. The van der Waals surface area contributed by atoms with Gasteiger partial charge in [0.1, 0.15) is 12.1 Å². The van der Waals surface area contributed by atoms with E-state index >= 15 is 0 Å². The third-order valence-corrected chi connectivity index (χ3v) is 9.10. The normalized spacial score (nSPS) is 21.2. The maximum Gasteiger partial charge on any atom is 0.315 e. The van der Waals surface area contributed by atoms with Gasteiger partial charge in [-0.1, -0.05) is 82.1 Å². The van der Waals surface area contributed by atoms with E-state index in [1.165, 1.54) is 4.90 Å². The summed E-state index contributed by atoms with van der Waals surface area (Å²) in [4.78, 5) is 81.7. The Kier molecular flexibility index (Phi) is 12.6. The van der Waals surface area contributed by atoms with Crippen LogP contribution >= 0.6 is 0 Å². The summed E-state index contributed by atoms with van der Waals surface area (Å²) in [5.74, 6) is -3.08. The Hall–Kier alpha value is -3.18. The molecule has 0 aromatic rings. The molecule has 2 aliphatic heterocycles. The van der Waals surface area contributed by atoms with E-state index in [-0.39, 0.29) is 35.1 Å². The fourth-order valence-corrected chi connectivity index (χ4v) is 6.18. The van der Waals surface area contributed by atoms with E-state index in [0.717, 1.165) is 12.8 Å². The summed E-state index contributed by atoms with van der Waals surface area (Å²) in [6.07, 6.45) is 3.46. The van der Waals surface area contributed by atoms with Crippen LogP contribution in [0.5, 0.6) is 0 Å². The topological polar surface area (TPSA) is 171 Å². The minimum Gasteiger partial charge on any atom is -0.363 e. The van der Waals surface area contributed by atoms with Crippen molar-refractivity contribution in [3.63, 3.8) is 0 Å². The molecule has 2 aliphatic rings. The van der Waals surface area contributed by atoms with Gasteiger partial charge in [0, 0.05) is 26.1 Å². The minimum atomic E-state index is -1.12. The summed E-state index contributed by atoms with van der Waals surface area (Å²) in [6.45, 7) is 20.7. The van der Waals surface area contributed by atoms with E-state index in [1.54, 1.807) is 4.90 Å². The van der Waals surface area contributed by atoms with E-state index < -0.39 is 53.1 Å². The summed E-state index contributed by atoms with van der Waals surface area (Å²) < 4.78 is 0. The average molecular weight is 635 g/mol. The fourth-order valence-electron chi connectivity index (χ4n) is 6.18. The molecule has 0 radical (unpaired) electrons. The van der Waals surface area contributed by atoms with Crippen molar-refractivity contribution in [2.45, 2.75) is 132 Å². The number of likely N-dealkylation sites (tertiary alicyclic amines) is 2. The van der Waals surface area contributed by atoms with Crippen LogP contribution in [-0.2, 0) is 24.0 Å². The zero-order valence-corrected chi connectivity index (χ0v) is 29.2. The lowest BCUT2D eigenvalue weighted by atomic mass is 9.75. The highest BCUT2D eigenvalue weighted by molar-refractivity contribution is 6.37. The summed E-state index contributed by atoms with van der Waals surface area (Å²) in [6, 6.07) is -3.88. The lowest BCUT2D eigenvalue weighted by Crippen LogP contribution is -2.62. The number of primary amides is 1. The van der Waals surface area contributed by atoms with Crippen molar-refractivity contribution in [2.24, 2.45) is 27.9 Å². The van der Waals surface area contributed by atoms with Crippen LogP contribution in [0, 0.1) is 22.2 Å². The summed E-state index contributed by atoms with van der Waals surface area (Å²) in [7, 11) is 0. The molecule has 2 heterocycles. The van der Waals surface area contributed by atoms with Gasteiger partial charge in [-0.3, -0.25) is 24.0 Å². The second-order valence-corrected chi connectivity index (χ2v) is 15.9. The number of hydrogen-bond acceptors (Lipinski definition) is 6. The largest absolute Gasteiger partial charge is 0.363 e. The van der Waals surface area contributed by atoms with Crippen LogP contribution in [0.2, 0.25) is 0 Å². The summed E-state index contributed by atoms with van der Waals surface area (Å²) in [5.41, 5.74) is 3.84. The second-order valence-electron chi connectivity index (χ2n) is 15.9. The number of nitrogens with two attached hydrogens (primary N) is 1. The highest BCUT2D eigenvalue weighted by Gasteiger charge is 2.50. The molecule has 0 aromatic carbocycles. The lowest BCUT2D eigenvalue weighted by Gasteiger charge is -2.39. The Labute approximate surface area is 269 Å². The smallest absolute Gasteiger partial charge is 0.315 e. The van der Waals surface area contributed by atoms with E-state index in [1.807, 2.05) is 69.2 Å². The zero-order chi connectivity index (χ0) is 34.5. The molecule has 0 saturated carbocycles. The Balaban J connectivity index is 2.35. The fraction of sp³-hybridized carbons (Fsp3) is 0.818. The van der Waals surface area contributed by atoms with Crippen molar-refractivity contribution >= 4 is 35.4 Å². The molecule has 12 nitrogen and oxygen atoms in total. The number of rotatable bonds is 12. The van der Waals surface area contributed by atoms with Crippen LogP contribution in [0.25, 0.3) is 0 Å². The number of amides is 6. The van der Waals surface area contributed by atoms with Crippen LogP contribution < -0.4 is 21.7 Å². The van der Waals surface area contributed by atoms with Crippen molar-refractivity contribution in [2.75, 3.05) is 19.6 Å². The van der Waals surface area contributed by atoms with Gasteiger partial charge in [0.2, 0.25) is 23.5 Å². The standard InChI is InChI=1S/C33H58N6O6/c1-11-12-14-21(25(41)27(34)42)35-28(43)24-20(31(2,3)4)16-18-39(24)29(44)26(33(8,9)10)37-30(45)36-22(32(5,6)7)19-38-17-13-15-23(38)40/h20-22,24,26H,11-19H2,1-10H3,(H2,34,42)(H,35,43)(H2,36,37,45)/t20-,21?,22+,24-,26+/m0/s1. The van der Waals surface area contributed by atoms with Gasteiger partial charge >= 0.3 is 6.03 Å². The summed E-state index contributed by atoms with van der Waals surface area (Å²) in [5, 5.41) is 8.65. The molecule has 2 rings (SSSR count). The predicted octanol–water partition coefficient (Wildman–Crippen LogP) is 2.73. The number of ketones is 1. The number of carbonyl (C=O) groups is 6. The van der Waals surface area contributed by atoms with Crippen LogP contribution in [0.3, 0.4) is 0 Å². The molecule has 0 aliphatic carbocycles. The van der Waals surface area contributed by atoms with E-state index in [9.17, 15) is 28.8 Å². The molecule has 0 bridgehead atoms. The second kappa shape index (κ2) is 14.9. The molecular weight excluding hydrogens is 576 g/mol. The van der Waals surface area contributed by atoms with Crippen molar-refractivity contribution in [3.05, 3.63) is 0 Å². The third-order valence-electron chi connectivity index (χ3n) is 9.10. The number of urea groups is 1. The van der Waals surface area contributed by atoms with Gasteiger partial charge in [-0.25, -0.2) is 4.79 Å². The molecule has 0 spiro atoms. The monoisotopic (exact) mass is 634 g/mol. The molecule has 2 saturated heterocycles. The molecule has 2 fully saturated rings. The molecule has 256 valence electrons. The maximum atomic E-state index is 14.3. The highest BCUT2D eigenvalue weighted by atomic mass is 16.2. The molecule has 1 unspecified atom stereocenters. The van der Waals surface area contributed by atoms with Gasteiger partial charge < -0.3 is 31.5 Å². The highest BCUT2D eigenvalue weighted by Crippen LogP contribution is 2.40. The lowest BCUT2D eigenvalue weighted by molar-refractivity contribution is -0.145. The van der Waals surface area contributed by atoms with E-state index in [0.29, 0.717) is 38.9 Å². The average Bonchev–Trinajstić information content (AvgIpc) is 3.53. The van der Waals surface area contributed by atoms with Gasteiger partial charge in [-0.05, 0) is 41.4 Å². The van der Waals surface area contributed by atoms with Gasteiger partial charge in [0.25, 0.3) is 5.91 Å². The molecule has 12 heteroatoms. The number of unbranched alkanes of at least 4 members (excludes halogenated alkanes) is 1. The minimum absolute atomic E-state index is 0.0652. The van der Waals surface area contributed by atoms with Crippen LogP contribution in [0.4, 0.5) is 4.79 Å². The molecule has 6 amide bonds. The van der Waals surface area contributed by atoms with Gasteiger partial charge in [-0.15, -0.1) is 0 Å². The van der Waals surface area contributed by atoms with Crippen molar-refractivity contribution in [1.29, 1.82) is 0 Å². The van der Waals surface area contributed by atoms with Crippen molar-refractivity contribution in [1.82, 2.24) is 25.8 Å². The molecule has 0 aromatic heterocycles. The van der Waals surface area contributed by atoms with Crippen molar-refractivity contribution < 1.29 is 28.8 Å². The number of nitrogens with zero attached hydrogens (tertiary/aromatic N) is 2. The Morgan fingerprint density at radius 2 is 1.53 bits per heavy atom. The van der Waals surface area contributed by atoms with Crippen LogP contribution in [0.15, 0.2) is 0 Å². The van der Waals surface area contributed by atoms with Gasteiger partial charge in [-0.2, -0.15) is 0 Å². The number of Topliss-reactive ketones (excluding diaryl/α,β-unsaturated/α-hetero) is 1. The number of hydrogen-bond donors (Lipinski definition) is 4. The number of carbonyl (C=O) groups excluding carboxylic acids is 6. The van der Waals surface area contributed by atoms with Crippen LogP contribution in [0.1, 0.15) is 108 Å². The Bertz CT molecular complexity index is 1120.